The van der Waals surface area contributed by atoms with E-state index >= 15 is 0 Å². The normalized spacial score (nSPS) is 13.1. The van der Waals surface area contributed by atoms with Gasteiger partial charge in [0.2, 0.25) is 5.91 Å². The van der Waals surface area contributed by atoms with Gasteiger partial charge in [-0.05, 0) is 47.4 Å². The van der Waals surface area contributed by atoms with Gasteiger partial charge in [0, 0.05) is 37.8 Å². The molecule has 0 unspecified atom stereocenters. The molecule has 2 N–H and O–H groups in total. The molecule has 0 spiro atoms. The summed E-state index contributed by atoms with van der Waals surface area (Å²) in [6.07, 6.45) is 1.54. The molecule has 0 atom stereocenters. The number of nitrogens with zero attached hydrogens (tertiary/aromatic N) is 1. The van der Waals surface area contributed by atoms with Crippen molar-refractivity contribution >= 4 is 17.6 Å². The molecule has 0 radical (unpaired) electrons. The van der Waals surface area contributed by atoms with Crippen LogP contribution in [0.25, 0.3) is 0 Å². The molecule has 0 saturated carbocycles. The smallest absolute Gasteiger partial charge is 0.319 e. The Kier molecular flexibility index (Phi) is 7.19. The summed E-state index contributed by atoms with van der Waals surface area (Å²) in [5, 5.41) is 5.66. The number of likely N-dealkylation sites (tertiary alicyclic amines) is 1. The van der Waals surface area contributed by atoms with Gasteiger partial charge in [0.15, 0.2) is 0 Å². The van der Waals surface area contributed by atoms with E-state index in [2.05, 4.69) is 10.6 Å². The fourth-order valence-electron chi connectivity index (χ4n) is 3.70. The molecule has 170 valence electrons. The predicted octanol–water partition coefficient (Wildman–Crippen LogP) is 4.85. The summed E-state index contributed by atoms with van der Waals surface area (Å²) in [5.74, 6) is 0.507. The van der Waals surface area contributed by atoms with E-state index in [-0.39, 0.29) is 17.8 Å². The zero-order valence-electron chi connectivity index (χ0n) is 18.2. The summed E-state index contributed by atoms with van der Waals surface area (Å²) < 4.78 is 18.7. The van der Waals surface area contributed by atoms with Crippen LogP contribution < -0.4 is 15.4 Å². The molecule has 1 aliphatic rings. The summed E-state index contributed by atoms with van der Waals surface area (Å²) in [7, 11) is 0. The van der Waals surface area contributed by atoms with Crippen LogP contribution in [0.4, 0.5) is 14.9 Å². The van der Waals surface area contributed by atoms with E-state index in [1.165, 1.54) is 12.1 Å². The van der Waals surface area contributed by atoms with Crippen LogP contribution in [0.3, 0.4) is 0 Å². The van der Waals surface area contributed by atoms with Crippen molar-refractivity contribution in [3.05, 3.63) is 95.3 Å². The maximum absolute atomic E-state index is 13.0. The van der Waals surface area contributed by atoms with Crippen molar-refractivity contribution in [2.45, 2.75) is 32.5 Å². The topological polar surface area (TPSA) is 70.7 Å². The summed E-state index contributed by atoms with van der Waals surface area (Å²) in [4.78, 5) is 26.1. The number of halogens is 1. The third kappa shape index (κ3) is 6.55. The van der Waals surface area contributed by atoms with Gasteiger partial charge in [-0.2, -0.15) is 0 Å². The molecule has 33 heavy (non-hydrogen) atoms. The Morgan fingerprint density at radius 2 is 1.76 bits per heavy atom. The molecule has 0 aliphatic carbocycles. The first-order valence-electron chi connectivity index (χ1n) is 10.9. The van der Waals surface area contributed by atoms with E-state index in [9.17, 15) is 14.0 Å². The standard InChI is InChI=1S/C26H26FN3O3/c27-22-11-9-19(10-12-22)18-33-24-7-2-6-23(15-24)29-26(32)28-16-20-4-1-5-21(14-20)17-30-13-3-8-25(30)31/h1-2,4-7,9-12,14-15H,3,8,13,16-18H2,(H2,28,29,32). The lowest BCUT2D eigenvalue weighted by atomic mass is 10.1. The predicted molar refractivity (Wildman–Crippen MR) is 124 cm³/mol. The monoisotopic (exact) mass is 447 g/mol. The number of hydrogen-bond acceptors (Lipinski definition) is 3. The molecule has 3 aromatic rings. The highest BCUT2D eigenvalue weighted by Gasteiger charge is 2.19. The van der Waals surface area contributed by atoms with Crippen LogP contribution in [-0.4, -0.2) is 23.4 Å². The quantitative estimate of drug-likeness (QED) is 0.519. The SMILES string of the molecule is O=C(NCc1cccc(CN2CCCC2=O)c1)Nc1cccc(OCc2ccc(F)cc2)c1. The molecule has 1 fully saturated rings. The Morgan fingerprint density at radius 3 is 2.55 bits per heavy atom. The fourth-order valence-corrected chi connectivity index (χ4v) is 3.70. The Balaban J connectivity index is 1.26. The van der Waals surface area contributed by atoms with Crippen LogP contribution in [0.15, 0.2) is 72.8 Å². The van der Waals surface area contributed by atoms with Crippen LogP contribution >= 0.6 is 0 Å². The lowest BCUT2D eigenvalue weighted by molar-refractivity contribution is -0.128. The maximum atomic E-state index is 13.0. The molecule has 0 bridgehead atoms. The van der Waals surface area contributed by atoms with Crippen molar-refractivity contribution in [2.24, 2.45) is 0 Å². The third-order valence-corrected chi connectivity index (χ3v) is 5.40. The molecule has 1 aliphatic heterocycles. The molecule has 0 aromatic heterocycles. The number of carbonyl (C=O) groups is 2. The highest BCUT2D eigenvalue weighted by Crippen LogP contribution is 2.19. The lowest BCUT2D eigenvalue weighted by Gasteiger charge is -2.16. The van der Waals surface area contributed by atoms with Crippen LogP contribution in [0.2, 0.25) is 0 Å². The summed E-state index contributed by atoms with van der Waals surface area (Å²) in [6, 6.07) is 20.8. The minimum atomic E-state index is -0.328. The second-order valence-corrected chi connectivity index (χ2v) is 7.99. The second-order valence-electron chi connectivity index (χ2n) is 7.99. The Bertz CT molecular complexity index is 1120. The average molecular weight is 448 g/mol. The minimum absolute atomic E-state index is 0.196. The summed E-state index contributed by atoms with van der Waals surface area (Å²) >= 11 is 0. The molecular formula is C26H26FN3O3. The maximum Gasteiger partial charge on any atom is 0.319 e. The number of amides is 3. The van der Waals surface area contributed by atoms with E-state index < -0.39 is 0 Å². The highest BCUT2D eigenvalue weighted by molar-refractivity contribution is 5.89. The van der Waals surface area contributed by atoms with Gasteiger partial charge >= 0.3 is 6.03 Å². The van der Waals surface area contributed by atoms with Crippen molar-refractivity contribution in [3.8, 4) is 5.75 Å². The molecule has 1 heterocycles. The number of carbonyl (C=O) groups excluding carboxylic acids is 2. The van der Waals surface area contributed by atoms with Gasteiger partial charge in [-0.1, -0.05) is 42.5 Å². The van der Waals surface area contributed by atoms with Crippen molar-refractivity contribution in [1.29, 1.82) is 0 Å². The van der Waals surface area contributed by atoms with E-state index in [0.717, 1.165) is 29.7 Å². The van der Waals surface area contributed by atoms with Crippen molar-refractivity contribution in [2.75, 3.05) is 11.9 Å². The Morgan fingerprint density at radius 1 is 0.970 bits per heavy atom. The highest BCUT2D eigenvalue weighted by atomic mass is 19.1. The van der Waals surface area contributed by atoms with Gasteiger partial charge in [-0.3, -0.25) is 4.79 Å². The summed E-state index contributed by atoms with van der Waals surface area (Å²) in [5.41, 5.74) is 3.47. The largest absolute Gasteiger partial charge is 0.489 e. The number of ether oxygens (including phenoxy) is 1. The number of anilines is 1. The number of hydrogen-bond donors (Lipinski definition) is 2. The molecule has 3 amide bonds. The number of benzene rings is 3. The Labute approximate surface area is 192 Å². The van der Waals surface area contributed by atoms with Gasteiger partial charge in [0.25, 0.3) is 0 Å². The van der Waals surface area contributed by atoms with E-state index in [4.69, 9.17) is 4.74 Å². The van der Waals surface area contributed by atoms with Gasteiger partial charge in [-0.15, -0.1) is 0 Å². The van der Waals surface area contributed by atoms with E-state index in [1.807, 2.05) is 29.2 Å². The fraction of sp³-hybridized carbons (Fsp3) is 0.231. The summed E-state index contributed by atoms with van der Waals surface area (Å²) in [6.45, 7) is 2.07. The van der Waals surface area contributed by atoms with Crippen molar-refractivity contribution in [1.82, 2.24) is 10.2 Å². The Hall–Kier alpha value is -3.87. The average Bonchev–Trinajstić information content (AvgIpc) is 3.22. The molecule has 7 heteroatoms. The number of rotatable bonds is 8. The van der Waals surface area contributed by atoms with Gasteiger partial charge in [-0.25, -0.2) is 9.18 Å². The molecule has 4 rings (SSSR count). The van der Waals surface area contributed by atoms with Gasteiger partial charge in [0.05, 0.1) is 0 Å². The first-order chi connectivity index (χ1) is 16.0. The first-order valence-corrected chi connectivity index (χ1v) is 10.9. The van der Waals surface area contributed by atoms with Crippen LogP contribution in [-0.2, 0) is 24.5 Å². The van der Waals surface area contributed by atoms with Crippen molar-refractivity contribution < 1.29 is 18.7 Å². The zero-order valence-corrected chi connectivity index (χ0v) is 18.2. The van der Waals surface area contributed by atoms with E-state index in [0.29, 0.717) is 37.6 Å². The van der Waals surface area contributed by atoms with E-state index in [1.54, 1.807) is 36.4 Å². The third-order valence-electron chi connectivity index (χ3n) is 5.40. The van der Waals surface area contributed by atoms with Crippen LogP contribution in [0, 0.1) is 5.82 Å². The molecular weight excluding hydrogens is 421 g/mol. The lowest BCUT2D eigenvalue weighted by Crippen LogP contribution is -2.28. The molecule has 1 saturated heterocycles. The molecule has 3 aromatic carbocycles. The van der Waals surface area contributed by atoms with Crippen LogP contribution in [0.1, 0.15) is 29.5 Å². The van der Waals surface area contributed by atoms with Gasteiger partial charge in [0.1, 0.15) is 18.2 Å². The number of urea groups is 1. The first kappa shape index (κ1) is 22.3. The van der Waals surface area contributed by atoms with Crippen LogP contribution in [0.5, 0.6) is 5.75 Å². The molecule has 6 nitrogen and oxygen atoms in total. The second kappa shape index (κ2) is 10.6. The zero-order chi connectivity index (χ0) is 23.0. The van der Waals surface area contributed by atoms with Gasteiger partial charge < -0.3 is 20.3 Å². The minimum Gasteiger partial charge on any atom is -0.489 e. The van der Waals surface area contributed by atoms with Crippen molar-refractivity contribution in [3.63, 3.8) is 0 Å². The number of nitrogens with one attached hydrogen (secondary N) is 2.